The number of nitrogens with zero attached hydrogens (tertiary/aromatic N) is 2. The molecule has 1 aromatic heterocycles. The summed E-state index contributed by atoms with van der Waals surface area (Å²) in [6, 6.07) is 10.3. The van der Waals surface area contributed by atoms with Crippen molar-refractivity contribution in [3.05, 3.63) is 58.0 Å². The van der Waals surface area contributed by atoms with Crippen LogP contribution >= 0.6 is 23.2 Å². The summed E-state index contributed by atoms with van der Waals surface area (Å²) >= 11 is 12.4. The SMILES string of the molecule is N#Cc1cnc2c(Cl)cc(NCC3CCNCC3)cc2c1Nc1ccc(F)c(Cl)c1. The Hall–Kier alpha value is -2.59. The number of halogens is 3. The van der Waals surface area contributed by atoms with Crippen LogP contribution in [0.3, 0.4) is 0 Å². The molecule has 0 saturated carbocycles. The lowest BCUT2D eigenvalue weighted by Gasteiger charge is -2.23. The van der Waals surface area contributed by atoms with Gasteiger partial charge < -0.3 is 16.0 Å². The van der Waals surface area contributed by atoms with Gasteiger partial charge >= 0.3 is 0 Å². The number of hydrogen-bond acceptors (Lipinski definition) is 5. The maximum atomic E-state index is 13.5. The number of nitriles is 1. The first-order valence-corrected chi connectivity index (χ1v) is 10.5. The van der Waals surface area contributed by atoms with E-state index in [9.17, 15) is 9.65 Å². The molecule has 0 spiro atoms. The highest BCUT2D eigenvalue weighted by Gasteiger charge is 2.16. The minimum atomic E-state index is -0.505. The molecule has 0 atom stereocenters. The maximum Gasteiger partial charge on any atom is 0.141 e. The molecule has 1 aliphatic rings. The predicted octanol–water partition coefficient (Wildman–Crippen LogP) is 5.71. The molecule has 3 N–H and O–H groups in total. The second kappa shape index (κ2) is 9.05. The van der Waals surface area contributed by atoms with Gasteiger partial charge in [0, 0.05) is 29.5 Å². The zero-order valence-corrected chi connectivity index (χ0v) is 17.6. The molecule has 1 aliphatic heterocycles. The Morgan fingerprint density at radius 2 is 1.90 bits per heavy atom. The minimum Gasteiger partial charge on any atom is -0.385 e. The molecule has 0 radical (unpaired) electrons. The van der Waals surface area contributed by atoms with Crippen molar-refractivity contribution in [1.29, 1.82) is 5.26 Å². The number of nitrogens with one attached hydrogen (secondary N) is 3. The van der Waals surface area contributed by atoms with Crippen molar-refractivity contribution in [2.45, 2.75) is 12.8 Å². The van der Waals surface area contributed by atoms with Gasteiger partial charge in [0.15, 0.2) is 0 Å². The van der Waals surface area contributed by atoms with Crippen molar-refractivity contribution in [2.24, 2.45) is 5.92 Å². The Morgan fingerprint density at radius 3 is 2.63 bits per heavy atom. The summed E-state index contributed by atoms with van der Waals surface area (Å²) in [5, 5.41) is 20.8. The zero-order chi connectivity index (χ0) is 21.1. The van der Waals surface area contributed by atoms with Crippen molar-refractivity contribution in [1.82, 2.24) is 10.3 Å². The number of benzene rings is 2. The quantitative estimate of drug-likeness (QED) is 0.470. The van der Waals surface area contributed by atoms with Crippen molar-refractivity contribution in [2.75, 3.05) is 30.3 Å². The molecule has 154 valence electrons. The van der Waals surface area contributed by atoms with Crippen LogP contribution in [0.15, 0.2) is 36.5 Å². The Morgan fingerprint density at radius 1 is 1.13 bits per heavy atom. The van der Waals surface area contributed by atoms with E-state index in [0.29, 0.717) is 38.8 Å². The number of anilines is 3. The lowest BCUT2D eigenvalue weighted by atomic mass is 9.98. The summed E-state index contributed by atoms with van der Waals surface area (Å²) in [6.45, 7) is 2.92. The highest BCUT2D eigenvalue weighted by atomic mass is 35.5. The number of rotatable bonds is 5. The predicted molar refractivity (Wildman–Crippen MR) is 120 cm³/mol. The van der Waals surface area contributed by atoms with Gasteiger partial charge in [-0.3, -0.25) is 4.98 Å². The third-order valence-corrected chi connectivity index (χ3v) is 5.87. The van der Waals surface area contributed by atoms with Gasteiger partial charge in [0.25, 0.3) is 0 Å². The van der Waals surface area contributed by atoms with Crippen LogP contribution < -0.4 is 16.0 Å². The molecule has 5 nitrogen and oxygen atoms in total. The molecule has 0 amide bonds. The highest BCUT2D eigenvalue weighted by Crippen LogP contribution is 2.35. The fourth-order valence-corrected chi connectivity index (χ4v) is 4.10. The molecule has 1 fully saturated rings. The van der Waals surface area contributed by atoms with Gasteiger partial charge in [-0.1, -0.05) is 23.2 Å². The fourth-order valence-electron chi connectivity index (χ4n) is 3.65. The van der Waals surface area contributed by atoms with Crippen LogP contribution in [0.4, 0.5) is 21.5 Å². The lowest BCUT2D eigenvalue weighted by Crippen LogP contribution is -2.31. The van der Waals surface area contributed by atoms with Crippen molar-refractivity contribution >= 4 is 51.2 Å². The van der Waals surface area contributed by atoms with E-state index in [0.717, 1.165) is 38.2 Å². The molecule has 0 bridgehead atoms. The molecule has 1 saturated heterocycles. The van der Waals surface area contributed by atoms with Gasteiger partial charge in [0.05, 0.1) is 26.8 Å². The summed E-state index contributed by atoms with van der Waals surface area (Å²) in [7, 11) is 0. The minimum absolute atomic E-state index is 0.000714. The Kier molecular flexibility index (Phi) is 6.24. The van der Waals surface area contributed by atoms with E-state index >= 15 is 0 Å². The number of hydrogen-bond donors (Lipinski definition) is 3. The fraction of sp³-hybridized carbons (Fsp3) is 0.273. The molecule has 8 heteroatoms. The summed E-state index contributed by atoms with van der Waals surface area (Å²) < 4.78 is 13.5. The van der Waals surface area contributed by atoms with E-state index in [1.54, 1.807) is 6.07 Å². The highest BCUT2D eigenvalue weighted by molar-refractivity contribution is 6.36. The number of pyridine rings is 1. The molecule has 0 aliphatic carbocycles. The number of fused-ring (bicyclic) bond motifs is 1. The Balaban J connectivity index is 1.70. The van der Waals surface area contributed by atoms with Gasteiger partial charge in [-0.15, -0.1) is 0 Å². The van der Waals surface area contributed by atoms with Crippen LogP contribution in [0.5, 0.6) is 0 Å². The van der Waals surface area contributed by atoms with Gasteiger partial charge in [0.1, 0.15) is 11.9 Å². The second-order valence-electron chi connectivity index (χ2n) is 7.34. The first-order chi connectivity index (χ1) is 14.5. The normalized spacial score (nSPS) is 14.5. The van der Waals surface area contributed by atoms with Crippen LogP contribution in [0.2, 0.25) is 10.0 Å². The maximum absolute atomic E-state index is 13.5. The zero-order valence-electron chi connectivity index (χ0n) is 16.1. The summed E-state index contributed by atoms with van der Waals surface area (Å²) in [5.41, 5.74) is 2.92. The number of piperidine rings is 1. The Bertz CT molecular complexity index is 1120. The van der Waals surface area contributed by atoms with Gasteiger partial charge in [-0.05, 0) is 62.2 Å². The third kappa shape index (κ3) is 4.44. The number of aromatic nitrogens is 1. The van der Waals surface area contributed by atoms with E-state index in [1.807, 2.05) is 12.1 Å². The van der Waals surface area contributed by atoms with Crippen LogP contribution in [-0.4, -0.2) is 24.6 Å². The van der Waals surface area contributed by atoms with Crippen LogP contribution in [0, 0.1) is 23.1 Å². The van der Waals surface area contributed by atoms with E-state index in [2.05, 4.69) is 27.0 Å². The van der Waals surface area contributed by atoms with E-state index < -0.39 is 5.82 Å². The van der Waals surface area contributed by atoms with Crippen molar-refractivity contribution in [3.8, 4) is 6.07 Å². The van der Waals surface area contributed by atoms with Crippen molar-refractivity contribution in [3.63, 3.8) is 0 Å². The molecule has 3 aromatic rings. The van der Waals surface area contributed by atoms with Crippen LogP contribution in [0.25, 0.3) is 10.9 Å². The summed E-state index contributed by atoms with van der Waals surface area (Å²) in [6.07, 6.45) is 3.74. The average Bonchev–Trinajstić information content (AvgIpc) is 2.76. The standard InChI is InChI=1S/C22H20Cl2FN5/c23-18-8-15(1-2-20(18)25)30-21-14(10-26)12-29-22-17(21)7-16(9-19(22)24)28-11-13-3-5-27-6-4-13/h1-2,7-9,12-13,27-28H,3-6,11H2,(H,29,30). The second-order valence-corrected chi connectivity index (χ2v) is 8.16. The van der Waals surface area contributed by atoms with E-state index in [4.69, 9.17) is 23.2 Å². The van der Waals surface area contributed by atoms with E-state index in [-0.39, 0.29) is 5.02 Å². The third-order valence-electron chi connectivity index (χ3n) is 5.29. The molecule has 30 heavy (non-hydrogen) atoms. The summed E-state index contributed by atoms with van der Waals surface area (Å²) in [5.74, 6) is 0.0954. The Labute approximate surface area is 184 Å². The molecular formula is C22H20Cl2FN5. The van der Waals surface area contributed by atoms with Gasteiger partial charge in [-0.2, -0.15) is 5.26 Å². The molecule has 2 heterocycles. The topological polar surface area (TPSA) is 72.8 Å². The lowest BCUT2D eigenvalue weighted by molar-refractivity contribution is 0.390. The average molecular weight is 444 g/mol. The van der Waals surface area contributed by atoms with Gasteiger partial charge in [0.2, 0.25) is 0 Å². The first kappa shape index (κ1) is 20.7. The van der Waals surface area contributed by atoms with Crippen LogP contribution in [0.1, 0.15) is 18.4 Å². The summed E-state index contributed by atoms with van der Waals surface area (Å²) in [4.78, 5) is 4.36. The molecule has 2 aromatic carbocycles. The van der Waals surface area contributed by atoms with Crippen LogP contribution in [-0.2, 0) is 0 Å². The molecular weight excluding hydrogens is 424 g/mol. The van der Waals surface area contributed by atoms with Crippen molar-refractivity contribution < 1.29 is 4.39 Å². The smallest absolute Gasteiger partial charge is 0.141 e. The molecule has 4 rings (SSSR count). The monoisotopic (exact) mass is 443 g/mol. The molecule has 0 unspecified atom stereocenters. The van der Waals surface area contributed by atoms with E-state index in [1.165, 1.54) is 18.3 Å². The first-order valence-electron chi connectivity index (χ1n) is 9.74. The van der Waals surface area contributed by atoms with Gasteiger partial charge in [-0.25, -0.2) is 4.39 Å². The largest absolute Gasteiger partial charge is 0.385 e.